The first-order valence-electron chi connectivity index (χ1n) is 5.01. The minimum atomic E-state index is -2.50. The van der Waals surface area contributed by atoms with Crippen molar-refractivity contribution in [3.05, 3.63) is 34.8 Å². The number of carbonyl (C=O) groups is 2. The molecule has 2 rings (SSSR count). The average Bonchev–Trinajstić information content (AvgIpc) is 2.64. The smallest absolute Gasteiger partial charge is 0.286 e. The minimum Gasteiger partial charge on any atom is -0.291 e. The SMILES string of the molecule is CCC(=O)C(=O)C1(F)C=c2ccccc2=N1. The van der Waals surface area contributed by atoms with Gasteiger partial charge in [-0.1, -0.05) is 25.1 Å². The lowest BCUT2D eigenvalue weighted by Crippen LogP contribution is -2.34. The third-order valence-electron chi connectivity index (χ3n) is 2.46. The Morgan fingerprint density at radius 3 is 2.69 bits per heavy atom. The Kier molecular flexibility index (Phi) is 2.42. The highest BCUT2D eigenvalue weighted by molar-refractivity contribution is 6.41. The van der Waals surface area contributed by atoms with Crippen LogP contribution in [-0.2, 0) is 9.59 Å². The van der Waals surface area contributed by atoms with Gasteiger partial charge < -0.3 is 0 Å². The number of benzene rings is 1. The number of nitrogens with zero attached hydrogens (tertiary/aromatic N) is 1. The second-order valence-electron chi connectivity index (χ2n) is 3.59. The molecular weight excluding hydrogens is 209 g/mol. The van der Waals surface area contributed by atoms with Crippen molar-refractivity contribution in [1.29, 1.82) is 0 Å². The lowest BCUT2D eigenvalue weighted by molar-refractivity contribution is -0.141. The van der Waals surface area contributed by atoms with Gasteiger partial charge in [0.1, 0.15) is 0 Å². The van der Waals surface area contributed by atoms with E-state index in [2.05, 4.69) is 4.99 Å². The maximum Gasteiger partial charge on any atom is 0.286 e. The molecule has 16 heavy (non-hydrogen) atoms. The summed E-state index contributed by atoms with van der Waals surface area (Å²) in [7, 11) is 0. The fourth-order valence-electron chi connectivity index (χ4n) is 1.60. The molecule has 1 aliphatic heterocycles. The summed E-state index contributed by atoms with van der Waals surface area (Å²) in [6.45, 7) is 1.52. The number of hydrogen-bond donors (Lipinski definition) is 0. The molecule has 1 unspecified atom stereocenters. The van der Waals surface area contributed by atoms with Crippen molar-refractivity contribution in [2.45, 2.75) is 19.1 Å². The van der Waals surface area contributed by atoms with Crippen LogP contribution in [-0.4, -0.2) is 17.4 Å². The van der Waals surface area contributed by atoms with Crippen molar-refractivity contribution in [3.8, 4) is 0 Å². The van der Waals surface area contributed by atoms with E-state index in [4.69, 9.17) is 0 Å². The monoisotopic (exact) mass is 219 g/mol. The van der Waals surface area contributed by atoms with Gasteiger partial charge in [0.15, 0.2) is 0 Å². The number of ketones is 2. The van der Waals surface area contributed by atoms with Crippen molar-refractivity contribution in [2.75, 3.05) is 0 Å². The quantitative estimate of drug-likeness (QED) is 0.542. The Balaban J connectivity index is 2.50. The zero-order valence-corrected chi connectivity index (χ0v) is 8.74. The number of Topliss-reactive ketones (excluding diaryl/α,β-unsaturated/α-hetero) is 2. The molecule has 1 aromatic carbocycles. The highest BCUT2D eigenvalue weighted by atomic mass is 19.1. The second kappa shape index (κ2) is 3.63. The van der Waals surface area contributed by atoms with Gasteiger partial charge in [-0.05, 0) is 12.1 Å². The lowest BCUT2D eigenvalue weighted by Gasteiger charge is -2.10. The molecule has 0 saturated carbocycles. The summed E-state index contributed by atoms with van der Waals surface area (Å²) in [5, 5.41) is 0.949. The van der Waals surface area contributed by atoms with E-state index in [-0.39, 0.29) is 6.42 Å². The molecule has 82 valence electrons. The number of carbonyl (C=O) groups excluding carboxylic acids is 2. The van der Waals surface area contributed by atoms with Crippen LogP contribution in [0.5, 0.6) is 0 Å². The summed E-state index contributed by atoms with van der Waals surface area (Å²) in [5.41, 5.74) is 0. The summed E-state index contributed by atoms with van der Waals surface area (Å²) in [6.07, 6.45) is 1.09. The van der Waals surface area contributed by atoms with Gasteiger partial charge in [-0.25, -0.2) is 9.38 Å². The number of fused-ring (bicyclic) bond motifs is 1. The molecule has 0 aliphatic carbocycles. The van der Waals surface area contributed by atoms with Crippen LogP contribution in [0.4, 0.5) is 4.39 Å². The molecule has 1 aromatic rings. The highest BCUT2D eigenvalue weighted by Gasteiger charge is 2.40. The molecule has 0 amide bonds. The van der Waals surface area contributed by atoms with E-state index in [1.807, 2.05) is 0 Å². The molecule has 0 N–H and O–H groups in total. The molecule has 4 heteroatoms. The van der Waals surface area contributed by atoms with Gasteiger partial charge in [0, 0.05) is 11.6 Å². The first-order chi connectivity index (χ1) is 7.57. The average molecular weight is 219 g/mol. The summed E-state index contributed by atoms with van der Waals surface area (Å²) >= 11 is 0. The number of hydrogen-bond acceptors (Lipinski definition) is 3. The Bertz CT molecular complexity index is 542. The maximum atomic E-state index is 14.1. The number of halogens is 1. The van der Waals surface area contributed by atoms with Gasteiger partial charge in [-0.15, -0.1) is 0 Å². The number of rotatable bonds is 3. The van der Waals surface area contributed by atoms with Crippen molar-refractivity contribution in [1.82, 2.24) is 0 Å². The van der Waals surface area contributed by atoms with Crippen LogP contribution in [0, 0.1) is 0 Å². The molecule has 1 heterocycles. The highest BCUT2D eigenvalue weighted by Crippen LogP contribution is 2.19. The van der Waals surface area contributed by atoms with Crippen molar-refractivity contribution < 1.29 is 14.0 Å². The summed E-state index contributed by atoms with van der Waals surface area (Å²) in [4.78, 5) is 26.4. The fraction of sp³-hybridized carbons (Fsp3) is 0.250. The Hall–Kier alpha value is -1.84. The molecule has 1 atom stereocenters. The van der Waals surface area contributed by atoms with Crippen LogP contribution >= 0.6 is 0 Å². The first-order valence-corrected chi connectivity index (χ1v) is 5.01. The predicted octanol–water partition coefficient (Wildman–Crippen LogP) is 0.314. The van der Waals surface area contributed by atoms with Gasteiger partial charge in [-0.2, -0.15) is 0 Å². The van der Waals surface area contributed by atoms with Crippen LogP contribution in [0.15, 0.2) is 29.3 Å². The van der Waals surface area contributed by atoms with Crippen LogP contribution in [0.3, 0.4) is 0 Å². The van der Waals surface area contributed by atoms with E-state index < -0.39 is 17.4 Å². The zero-order chi connectivity index (χ0) is 11.8. The molecule has 3 nitrogen and oxygen atoms in total. The fourth-order valence-corrected chi connectivity index (χ4v) is 1.60. The van der Waals surface area contributed by atoms with E-state index >= 15 is 0 Å². The molecule has 0 bridgehead atoms. The summed E-state index contributed by atoms with van der Waals surface area (Å²) in [5.74, 6) is -4.34. The van der Waals surface area contributed by atoms with Gasteiger partial charge >= 0.3 is 0 Å². The van der Waals surface area contributed by atoms with Gasteiger partial charge in [0.25, 0.3) is 11.6 Å². The largest absolute Gasteiger partial charge is 0.291 e. The Morgan fingerprint density at radius 1 is 1.38 bits per heavy atom. The van der Waals surface area contributed by atoms with Gasteiger partial charge in [0.2, 0.25) is 5.78 Å². The van der Waals surface area contributed by atoms with E-state index in [9.17, 15) is 14.0 Å². The molecule has 0 spiro atoms. The molecular formula is C12H10FNO2. The lowest BCUT2D eigenvalue weighted by atomic mass is 10.1. The number of alkyl halides is 1. The standard InChI is InChI=1S/C12H10FNO2/c1-2-10(15)11(16)12(13)7-8-5-3-4-6-9(8)14-12/h3-7H,2H2,1H3. The van der Waals surface area contributed by atoms with Crippen molar-refractivity contribution >= 4 is 17.6 Å². The maximum absolute atomic E-state index is 14.1. The van der Waals surface area contributed by atoms with Gasteiger partial charge in [-0.3, -0.25) is 9.59 Å². The van der Waals surface area contributed by atoms with Crippen molar-refractivity contribution in [2.24, 2.45) is 4.99 Å². The van der Waals surface area contributed by atoms with Gasteiger partial charge in [0.05, 0.1) is 5.36 Å². The van der Waals surface area contributed by atoms with Crippen LogP contribution in [0.2, 0.25) is 0 Å². The molecule has 0 radical (unpaired) electrons. The second-order valence-corrected chi connectivity index (χ2v) is 3.59. The minimum absolute atomic E-state index is 0.00971. The Labute approximate surface area is 91.3 Å². The normalized spacial score (nSPS) is 21.9. The van der Waals surface area contributed by atoms with Crippen molar-refractivity contribution in [3.63, 3.8) is 0 Å². The molecule has 0 saturated heterocycles. The Morgan fingerprint density at radius 2 is 2.06 bits per heavy atom. The molecule has 0 aromatic heterocycles. The third-order valence-corrected chi connectivity index (χ3v) is 2.46. The topological polar surface area (TPSA) is 46.5 Å². The summed E-state index contributed by atoms with van der Waals surface area (Å²) < 4.78 is 14.1. The number of para-hydroxylation sites is 1. The van der Waals surface area contributed by atoms with E-state index in [0.717, 1.165) is 6.08 Å². The molecule has 0 fully saturated rings. The predicted molar refractivity (Wildman–Crippen MR) is 55.8 cm³/mol. The summed E-state index contributed by atoms with van der Waals surface area (Å²) in [6, 6.07) is 6.69. The van der Waals surface area contributed by atoms with E-state index in [1.165, 1.54) is 6.92 Å². The zero-order valence-electron chi connectivity index (χ0n) is 8.74. The van der Waals surface area contributed by atoms with Crippen LogP contribution in [0.1, 0.15) is 13.3 Å². The van der Waals surface area contributed by atoms with E-state index in [0.29, 0.717) is 10.6 Å². The van der Waals surface area contributed by atoms with E-state index in [1.54, 1.807) is 24.3 Å². The molecule has 1 aliphatic rings. The third kappa shape index (κ3) is 1.56. The van der Waals surface area contributed by atoms with Crippen LogP contribution < -0.4 is 10.6 Å². The first kappa shape index (κ1) is 10.7. The van der Waals surface area contributed by atoms with Crippen LogP contribution in [0.25, 0.3) is 6.08 Å².